The number of thiazole rings is 1. The van der Waals surface area contributed by atoms with Crippen molar-refractivity contribution in [2.24, 2.45) is 0 Å². The summed E-state index contributed by atoms with van der Waals surface area (Å²) in [5, 5.41) is 8.45. The van der Waals surface area contributed by atoms with Gasteiger partial charge < -0.3 is 10.6 Å². The van der Waals surface area contributed by atoms with Crippen molar-refractivity contribution in [1.82, 2.24) is 9.97 Å². The lowest BCUT2D eigenvalue weighted by atomic mass is 10.1. The van der Waals surface area contributed by atoms with E-state index in [4.69, 9.17) is 0 Å². The molecule has 0 aliphatic heterocycles. The molecule has 6 heteroatoms. The number of carbonyl (C=O) groups excluding carboxylic acids is 1. The fourth-order valence-electron chi connectivity index (χ4n) is 2.13. The first-order valence-electron chi connectivity index (χ1n) is 7.28. The van der Waals surface area contributed by atoms with Gasteiger partial charge in [0.1, 0.15) is 5.69 Å². The van der Waals surface area contributed by atoms with Gasteiger partial charge in [-0.1, -0.05) is 25.1 Å². The van der Waals surface area contributed by atoms with Crippen LogP contribution in [0.25, 0.3) is 0 Å². The minimum absolute atomic E-state index is 0.207. The second kappa shape index (κ2) is 7.02. The van der Waals surface area contributed by atoms with Crippen molar-refractivity contribution >= 4 is 33.8 Å². The van der Waals surface area contributed by atoms with Crippen LogP contribution in [0.3, 0.4) is 0 Å². The first kappa shape index (κ1) is 15.2. The Morgan fingerprint density at radius 1 is 1.22 bits per heavy atom. The summed E-state index contributed by atoms with van der Waals surface area (Å²) < 4.78 is 0. The molecule has 23 heavy (non-hydrogen) atoms. The highest BCUT2D eigenvalue weighted by molar-refractivity contribution is 7.14. The standard InChI is InChI=1S/C17H16N4OS/c1-2-12-6-3-4-8-14(12)20-16(22)15-11-23-17(21-15)19-13-7-5-9-18-10-13/h3-11H,2H2,1H3,(H,19,21)(H,20,22). The number of rotatable bonds is 5. The molecule has 3 aromatic rings. The molecule has 0 unspecified atom stereocenters. The van der Waals surface area contributed by atoms with Gasteiger partial charge in [-0.15, -0.1) is 11.3 Å². The molecule has 2 heterocycles. The number of aryl methyl sites for hydroxylation is 1. The van der Waals surface area contributed by atoms with Gasteiger partial charge in [0.2, 0.25) is 0 Å². The molecule has 0 fully saturated rings. The summed E-state index contributed by atoms with van der Waals surface area (Å²) in [5.41, 5.74) is 3.16. The summed E-state index contributed by atoms with van der Waals surface area (Å²) in [6, 6.07) is 11.5. The van der Waals surface area contributed by atoms with Crippen molar-refractivity contribution in [1.29, 1.82) is 0 Å². The minimum atomic E-state index is -0.207. The molecule has 0 spiro atoms. The van der Waals surface area contributed by atoms with E-state index in [2.05, 4.69) is 27.5 Å². The molecular formula is C17H16N4OS. The van der Waals surface area contributed by atoms with Crippen molar-refractivity contribution in [2.75, 3.05) is 10.6 Å². The third-order valence-electron chi connectivity index (χ3n) is 3.30. The number of carbonyl (C=O) groups is 1. The van der Waals surface area contributed by atoms with E-state index in [0.717, 1.165) is 23.4 Å². The summed E-state index contributed by atoms with van der Waals surface area (Å²) >= 11 is 1.38. The highest BCUT2D eigenvalue weighted by Crippen LogP contribution is 2.22. The van der Waals surface area contributed by atoms with Gasteiger partial charge in [-0.3, -0.25) is 9.78 Å². The molecule has 1 amide bonds. The summed E-state index contributed by atoms with van der Waals surface area (Å²) in [5.74, 6) is -0.207. The van der Waals surface area contributed by atoms with Crippen molar-refractivity contribution in [2.45, 2.75) is 13.3 Å². The average molecular weight is 324 g/mol. The van der Waals surface area contributed by atoms with Crippen LogP contribution in [0, 0.1) is 0 Å². The molecule has 5 nitrogen and oxygen atoms in total. The van der Waals surface area contributed by atoms with Crippen LogP contribution < -0.4 is 10.6 Å². The number of benzene rings is 1. The van der Waals surface area contributed by atoms with Gasteiger partial charge in [-0.25, -0.2) is 4.98 Å². The average Bonchev–Trinajstić information content (AvgIpc) is 3.05. The fourth-order valence-corrected chi connectivity index (χ4v) is 2.84. The molecule has 0 aliphatic rings. The van der Waals surface area contributed by atoms with Gasteiger partial charge in [0, 0.05) is 17.3 Å². The van der Waals surface area contributed by atoms with Gasteiger partial charge >= 0.3 is 0 Å². The largest absolute Gasteiger partial charge is 0.330 e. The predicted molar refractivity (Wildman–Crippen MR) is 93.4 cm³/mol. The van der Waals surface area contributed by atoms with E-state index in [1.165, 1.54) is 11.3 Å². The lowest BCUT2D eigenvalue weighted by molar-refractivity contribution is 0.102. The number of amides is 1. The maximum absolute atomic E-state index is 12.3. The third-order valence-corrected chi connectivity index (χ3v) is 4.05. The number of para-hydroxylation sites is 1. The van der Waals surface area contributed by atoms with Crippen LogP contribution in [-0.4, -0.2) is 15.9 Å². The first-order valence-corrected chi connectivity index (χ1v) is 8.16. The van der Waals surface area contributed by atoms with Gasteiger partial charge in [-0.05, 0) is 30.2 Å². The summed E-state index contributed by atoms with van der Waals surface area (Å²) in [6.45, 7) is 2.06. The van der Waals surface area contributed by atoms with E-state index in [9.17, 15) is 4.79 Å². The first-order chi connectivity index (χ1) is 11.3. The molecule has 2 N–H and O–H groups in total. The number of anilines is 3. The number of nitrogens with zero attached hydrogens (tertiary/aromatic N) is 2. The highest BCUT2D eigenvalue weighted by Gasteiger charge is 2.12. The van der Waals surface area contributed by atoms with Crippen LogP contribution in [0.15, 0.2) is 54.2 Å². The lowest BCUT2D eigenvalue weighted by Gasteiger charge is -2.08. The van der Waals surface area contributed by atoms with E-state index >= 15 is 0 Å². The molecule has 0 radical (unpaired) electrons. The smallest absolute Gasteiger partial charge is 0.275 e. The Hall–Kier alpha value is -2.73. The Kier molecular flexibility index (Phi) is 4.63. The zero-order valence-corrected chi connectivity index (χ0v) is 13.4. The normalized spacial score (nSPS) is 10.3. The Balaban J connectivity index is 1.71. The summed E-state index contributed by atoms with van der Waals surface area (Å²) in [4.78, 5) is 20.7. The predicted octanol–water partition coefficient (Wildman–Crippen LogP) is 4.10. The van der Waals surface area contributed by atoms with E-state index in [1.54, 1.807) is 17.8 Å². The molecule has 0 aliphatic carbocycles. The molecule has 116 valence electrons. The topological polar surface area (TPSA) is 66.9 Å². The van der Waals surface area contributed by atoms with Gasteiger partial charge in [0.15, 0.2) is 5.13 Å². The van der Waals surface area contributed by atoms with Crippen LogP contribution in [0.2, 0.25) is 0 Å². The Bertz CT molecular complexity index is 801. The Labute approximate surface area is 138 Å². The van der Waals surface area contributed by atoms with Crippen molar-refractivity contribution < 1.29 is 4.79 Å². The monoisotopic (exact) mass is 324 g/mol. The SMILES string of the molecule is CCc1ccccc1NC(=O)c1csc(Nc2cccnc2)n1. The maximum atomic E-state index is 12.3. The second-order valence-electron chi connectivity index (χ2n) is 4.87. The van der Waals surface area contributed by atoms with Crippen LogP contribution in [0.1, 0.15) is 23.0 Å². The van der Waals surface area contributed by atoms with E-state index in [0.29, 0.717) is 10.8 Å². The molecule has 0 saturated heterocycles. The molecule has 3 rings (SSSR count). The summed E-state index contributed by atoms with van der Waals surface area (Å²) in [7, 11) is 0. The van der Waals surface area contributed by atoms with Crippen LogP contribution in [-0.2, 0) is 6.42 Å². The van der Waals surface area contributed by atoms with Crippen molar-refractivity contribution in [3.05, 3.63) is 65.4 Å². The van der Waals surface area contributed by atoms with E-state index in [-0.39, 0.29) is 5.91 Å². The highest BCUT2D eigenvalue weighted by atomic mass is 32.1. The Morgan fingerprint density at radius 2 is 2.09 bits per heavy atom. The van der Waals surface area contributed by atoms with Crippen LogP contribution >= 0.6 is 11.3 Å². The quantitative estimate of drug-likeness (QED) is 0.741. The van der Waals surface area contributed by atoms with Crippen molar-refractivity contribution in [3.8, 4) is 0 Å². The van der Waals surface area contributed by atoms with Crippen LogP contribution in [0.4, 0.5) is 16.5 Å². The number of pyridine rings is 1. The second-order valence-corrected chi connectivity index (χ2v) is 5.73. The van der Waals surface area contributed by atoms with E-state index in [1.807, 2.05) is 36.4 Å². The van der Waals surface area contributed by atoms with Gasteiger partial charge in [0.25, 0.3) is 5.91 Å². The van der Waals surface area contributed by atoms with E-state index < -0.39 is 0 Å². The number of hydrogen-bond acceptors (Lipinski definition) is 5. The molecule has 0 bridgehead atoms. The van der Waals surface area contributed by atoms with Crippen LogP contribution in [0.5, 0.6) is 0 Å². The molecule has 0 saturated carbocycles. The molecule has 1 aromatic carbocycles. The zero-order chi connectivity index (χ0) is 16.1. The minimum Gasteiger partial charge on any atom is -0.330 e. The lowest BCUT2D eigenvalue weighted by Crippen LogP contribution is -2.13. The number of nitrogens with one attached hydrogen (secondary N) is 2. The Morgan fingerprint density at radius 3 is 2.87 bits per heavy atom. The fraction of sp³-hybridized carbons (Fsp3) is 0.118. The summed E-state index contributed by atoms with van der Waals surface area (Å²) in [6.07, 6.45) is 4.27. The maximum Gasteiger partial charge on any atom is 0.275 e. The van der Waals surface area contributed by atoms with Gasteiger partial charge in [0.05, 0.1) is 11.9 Å². The van der Waals surface area contributed by atoms with Crippen molar-refractivity contribution in [3.63, 3.8) is 0 Å². The van der Waals surface area contributed by atoms with Gasteiger partial charge in [-0.2, -0.15) is 0 Å². The molecule has 0 atom stereocenters. The third kappa shape index (κ3) is 3.73. The molecule has 2 aromatic heterocycles. The number of hydrogen-bond donors (Lipinski definition) is 2. The zero-order valence-electron chi connectivity index (χ0n) is 12.6. The molecular weight excluding hydrogens is 308 g/mol. The number of aromatic nitrogens is 2.